The van der Waals surface area contributed by atoms with E-state index in [1.807, 2.05) is 0 Å². The molecule has 1 aromatic heterocycles. The number of nitrogens with two attached hydrogens (primary N) is 1. The minimum absolute atomic E-state index is 0.141. The van der Waals surface area contributed by atoms with Crippen LogP contribution in [-0.4, -0.2) is 21.0 Å². The molecule has 6 heteroatoms. The van der Waals surface area contributed by atoms with Gasteiger partial charge in [-0.05, 0) is 25.1 Å². The molecule has 2 aromatic rings. The Morgan fingerprint density at radius 2 is 2.06 bits per heavy atom. The molecule has 18 heavy (non-hydrogen) atoms. The molecule has 1 aromatic carbocycles. The van der Waals surface area contributed by atoms with Crippen LogP contribution in [0.25, 0.3) is 11.3 Å². The number of halogens is 1. The maximum Gasteiger partial charge on any atom is 0.188 e. The van der Waals surface area contributed by atoms with E-state index in [9.17, 15) is 4.39 Å². The molecule has 0 amide bonds. The smallest absolute Gasteiger partial charge is 0.188 e. The van der Waals surface area contributed by atoms with Gasteiger partial charge in [-0.1, -0.05) is 17.3 Å². The van der Waals surface area contributed by atoms with Gasteiger partial charge in [-0.3, -0.25) is 0 Å². The van der Waals surface area contributed by atoms with E-state index >= 15 is 0 Å². The number of hydrogen-bond acceptors (Lipinski definition) is 4. The summed E-state index contributed by atoms with van der Waals surface area (Å²) in [6, 6.07) is 7.72. The van der Waals surface area contributed by atoms with Crippen LogP contribution < -0.4 is 5.73 Å². The first kappa shape index (κ1) is 12.0. The Kier molecular flexibility index (Phi) is 3.18. The summed E-state index contributed by atoms with van der Waals surface area (Å²) in [5, 5.41) is 11.5. The monoisotopic (exact) mass is 246 g/mol. The average molecular weight is 246 g/mol. The van der Waals surface area contributed by atoms with Crippen molar-refractivity contribution in [3.05, 3.63) is 47.7 Å². The molecule has 1 heterocycles. The number of amidine groups is 1. The third-order valence-corrected chi connectivity index (χ3v) is 2.36. The van der Waals surface area contributed by atoms with Gasteiger partial charge in [-0.15, -0.1) is 0 Å². The fourth-order valence-electron chi connectivity index (χ4n) is 1.56. The van der Waals surface area contributed by atoms with E-state index in [1.165, 1.54) is 12.1 Å². The third kappa shape index (κ3) is 2.27. The van der Waals surface area contributed by atoms with Gasteiger partial charge in [0, 0.05) is 5.56 Å². The van der Waals surface area contributed by atoms with Gasteiger partial charge in [0.1, 0.15) is 17.3 Å². The van der Waals surface area contributed by atoms with Gasteiger partial charge in [-0.25, -0.2) is 14.4 Å². The minimum atomic E-state index is -0.388. The highest BCUT2D eigenvalue weighted by Crippen LogP contribution is 2.21. The summed E-state index contributed by atoms with van der Waals surface area (Å²) in [4.78, 5) is 8.15. The number of aromatic nitrogens is 2. The van der Waals surface area contributed by atoms with E-state index in [2.05, 4.69) is 15.1 Å². The van der Waals surface area contributed by atoms with Crippen molar-refractivity contribution < 1.29 is 9.60 Å². The summed E-state index contributed by atoms with van der Waals surface area (Å²) in [7, 11) is 0. The van der Waals surface area contributed by atoms with Crippen LogP contribution >= 0.6 is 0 Å². The summed E-state index contributed by atoms with van der Waals surface area (Å²) in [5.41, 5.74) is 6.45. The van der Waals surface area contributed by atoms with E-state index in [1.54, 1.807) is 25.1 Å². The topological polar surface area (TPSA) is 84.4 Å². The largest absolute Gasteiger partial charge is 0.409 e. The number of oxime groups is 1. The van der Waals surface area contributed by atoms with Crippen molar-refractivity contribution in [1.29, 1.82) is 0 Å². The van der Waals surface area contributed by atoms with E-state index < -0.39 is 0 Å². The number of hydrogen-bond donors (Lipinski definition) is 2. The first-order chi connectivity index (χ1) is 8.61. The fraction of sp³-hybridized carbons (Fsp3) is 0.0833. The molecule has 5 nitrogen and oxygen atoms in total. The highest BCUT2D eigenvalue weighted by Gasteiger charge is 2.10. The molecule has 0 bridgehead atoms. The highest BCUT2D eigenvalue weighted by atomic mass is 19.1. The summed E-state index contributed by atoms with van der Waals surface area (Å²) in [5.74, 6) is -0.114. The fourth-order valence-corrected chi connectivity index (χ4v) is 1.56. The molecular formula is C12H11FN4O. The molecule has 0 aliphatic carbocycles. The maximum atomic E-state index is 13.7. The number of aryl methyl sites for hydroxylation is 1. The molecule has 3 N–H and O–H groups in total. The van der Waals surface area contributed by atoms with Crippen LogP contribution in [0.15, 0.2) is 35.5 Å². The van der Waals surface area contributed by atoms with Crippen LogP contribution in [0.1, 0.15) is 11.5 Å². The van der Waals surface area contributed by atoms with E-state index in [-0.39, 0.29) is 17.3 Å². The lowest BCUT2D eigenvalue weighted by atomic mass is 10.1. The van der Waals surface area contributed by atoms with Gasteiger partial charge < -0.3 is 10.9 Å². The summed E-state index contributed by atoms with van der Waals surface area (Å²) in [6.07, 6.45) is 0. The van der Waals surface area contributed by atoms with Crippen molar-refractivity contribution in [2.75, 3.05) is 0 Å². The SMILES string of the molecule is Cc1nc(/C(N)=N/O)cc(-c2ccccc2F)n1. The molecule has 0 saturated heterocycles. The van der Waals surface area contributed by atoms with Crippen molar-refractivity contribution in [2.45, 2.75) is 6.92 Å². The first-order valence-electron chi connectivity index (χ1n) is 5.20. The molecular weight excluding hydrogens is 235 g/mol. The zero-order chi connectivity index (χ0) is 13.1. The number of nitrogens with zero attached hydrogens (tertiary/aromatic N) is 3. The molecule has 0 saturated carbocycles. The third-order valence-electron chi connectivity index (χ3n) is 2.36. The lowest BCUT2D eigenvalue weighted by Crippen LogP contribution is -2.16. The summed E-state index contributed by atoms with van der Waals surface area (Å²) >= 11 is 0. The van der Waals surface area contributed by atoms with Crippen LogP contribution in [-0.2, 0) is 0 Å². The second kappa shape index (κ2) is 4.79. The molecule has 0 atom stereocenters. The van der Waals surface area contributed by atoms with Crippen molar-refractivity contribution in [3.8, 4) is 11.3 Å². The second-order valence-electron chi connectivity index (χ2n) is 3.65. The maximum absolute atomic E-state index is 13.7. The van der Waals surface area contributed by atoms with Crippen molar-refractivity contribution in [2.24, 2.45) is 10.9 Å². The Hall–Kier alpha value is -2.50. The second-order valence-corrected chi connectivity index (χ2v) is 3.65. The molecule has 92 valence electrons. The Balaban J connectivity index is 2.59. The summed E-state index contributed by atoms with van der Waals surface area (Å²) < 4.78 is 13.7. The molecule has 0 unspecified atom stereocenters. The zero-order valence-electron chi connectivity index (χ0n) is 9.63. The van der Waals surface area contributed by atoms with Gasteiger partial charge in [0.2, 0.25) is 0 Å². The van der Waals surface area contributed by atoms with Gasteiger partial charge in [0.05, 0.1) is 5.69 Å². The van der Waals surface area contributed by atoms with E-state index in [4.69, 9.17) is 10.9 Å². The van der Waals surface area contributed by atoms with E-state index in [0.717, 1.165) is 0 Å². The normalized spacial score (nSPS) is 11.6. The lowest BCUT2D eigenvalue weighted by Gasteiger charge is -2.06. The number of benzene rings is 1. The van der Waals surface area contributed by atoms with Crippen LogP contribution in [0.5, 0.6) is 0 Å². The standard InChI is InChI=1S/C12H11FN4O/c1-7-15-10(6-11(16-7)12(14)17-18)8-4-2-3-5-9(8)13/h2-6,18H,1H3,(H2,14,17). The average Bonchev–Trinajstić information content (AvgIpc) is 2.37. The van der Waals surface area contributed by atoms with Gasteiger partial charge in [-0.2, -0.15) is 0 Å². The van der Waals surface area contributed by atoms with Crippen molar-refractivity contribution in [3.63, 3.8) is 0 Å². The highest BCUT2D eigenvalue weighted by molar-refractivity contribution is 5.96. The van der Waals surface area contributed by atoms with Crippen LogP contribution in [0.3, 0.4) is 0 Å². The van der Waals surface area contributed by atoms with Gasteiger partial charge in [0.15, 0.2) is 5.84 Å². The zero-order valence-corrected chi connectivity index (χ0v) is 9.63. The Morgan fingerprint density at radius 1 is 1.33 bits per heavy atom. The molecule has 0 fully saturated rings. The quantitative estimate of drug-likeness (QED) is 0.365. The van der Waals surface area contributed by atoms with Gasteiger partial charge >= 0.3 is 0 Å². The first-order valence-corrected chi connectivity index (χ1v) is 5.20. The Labute approximate surface area is 103 Å². The summed E-state index contributed by atoms with van der Waals surface area (Å²) in [6.45, 7) is 1.65. The molecule has 0 aliphatic heterocycles. The molecule has 0 radical (unpaired) electrons. The molecule has 2 rings (SSSR count). The van der Waals surface area contributed by atoms with Crippen LogP contribution in [0.4, 0.5) is 4.39 Å². The molecule has 0 aliphatic rings. The predicted molar refractivity (Wildman–Crippen MR) is 64.7 cm³/mol. The van der Waals surface area contributed by atoms with Gasteiger partial charge in [0.25, 0.3) is 0 Å². The minimum Gasteiger partial charge on any atom is -0.409 e. The lowest BCUT2D eigenvalue weighted by molar-refractivity contribution is 0.318. The van der Waals surface area contributed by atoms with E-state index in [0.29, 0.717) is 17.1 Å². The Bertz CT molecular complexity index is 613. The number of rotatable bonds is 2. The van der Waals surface area contributed by atoms with Crippen LogP contribution in [0, 0.1) is 12.7 Å². The molecule has 0 spiro atoms. The van der Waals surface area contributed by atoms with Crippen LogP contribution in [0.2, 0.25) is 0 Å². The van der Waals surface area contributed by atoms with Crippen molar-refractivity contribution >= 4 is 5.84 Å². The van der Waals surface area contributed by atoms with Crippen molar-refractivity contribution in [1.82, 2.24) is 9.97 Å². The Morgan fingerprint density at radius 3 is 2.72 bits per heavy atom. The predicted octanol–water partition coefficient (Wildman–Crippen LogP) is 1.69.